The van der Waals surface area contributed by atoms with Crippen molar-refractivity contribution in [1.82, 2.24) is 0 Å². The van der Waals surface area contributed by atoms with Gasteiger partial charge in [-0.05, 0) is 24.8 Å². The average molecular weight is 281 g/mol. The van der Waals surface area contributed by atoms with Crippen LogP contribution in [-0.4, -0.2) is 12.3 Å². The molecule has 1 N–H and O–H groups in total. The normalized spacial score (nSPS) is 24.9. The molecule has 20 heavy (non-hydrogen) atoms. The molecule has 1 saturated carbocycles. The largest absolute Gasteiger partial charge is 0.445 e. The van der Waals surface area contributed by atoms with Crippen LogP contribution in [0, 0.1) is 17.8 Å². The van der Waals surface area contributed by atoms with Crippen LogP contribution < -0.4 is 5.32 Å². The Kier molecular flexibility index (Phi) is 2.68. The number of carbonyl (C=O) groups is 1. The summed E-state index contributed by atoms with van der Waals surface area (Å²) in [5.41, 5.74) is -2.99. The minimum absolute atomic E-state index is 0.0324. The highest BCUT2D eigenvalue weighted by molar-refractivity contribution is 5.89. The van der Waals surface area contributed by atoms with E-state index in [1.165, 1.54) is 18.2 Å². The van der Waals surface area contributed by atoms with Gasteiger partial charge in [-0.15, -0.1) is 0 Å². The molecular formula is C14H10F3NO2. The number of ether oxygens (including phenoxy) is 1. The first-order chi connectivity index (χ1) is 9.42. The third kappa shape index (κ3) is 1.99. The first kappa shape index (κ1) is 12.9. The smallest absolute Gasteiger partial charge is 0.415 e. The summed E-state index contributed by atoms with van der Waals surface area (Å²) >= 11 is 0. The minimum atomic E-state index is -4.80. The van der Waals surface area contributed by atoms with Gasteiger partial charge in [0.05, 0.1) is 5.69 Å². The standard InChI is InChI=1S/C14H10F3NO2/c15-14(16,17)13(8-7-9-5-6-9)10-3-1-2-4-11(10)18-12(19)20-13/h1-4,9H,5-6H2,(H,18,19)/t13-/m0/s1. The van der Waals surface area contributed by atoms with Crippen molar-refractivity contribution in [2.75, 3.05) is 5.32 Å². The van der Waals surface area contributed by atoms with Crippen molar-refractivity contribution in [2.45, 2.75) is 24.6 Å². The molecule has 1 aromatic carbocycles. The molecule has 1 heterocycles. The summed E-state index contributed by atoms with van der Waals surface area (Å²) in [6.07, 6.45) is -4.38. The minimum Gasteiger partial charge on any atom is -0.415 e. The fourth-order valence-electron chi connectivity index (χ4n) is 2.03. The molecule has 6 heteroatoms. The number of alkyl halides is 3. The fourth-order valence-corrected chi connectivity index (χ4v) is 2.03. The Bertz CT molecular complexity index is 625. The Morgan fingerprint density at radius 2 is 2.00 bits per heavy atom. The maximum atomic E-state index is 13.5. The van der Waals surface area contributed by atoms with Gasteiger partial charge in [0.25, 0.3) is 5.60 Å². The van der Waals surface area contributed by atoms with Crippen molar-refractivity contribution in [3.63, 3.8) is 0 Å². The molecule has 0 bridgehead atoms. The van der Waals surface area contributed by atoms with Crippen LogP contribution in [0.1, 0.15) is 18.4 Å². The second-order valence-electron chi connectivity index (χ2n) is 4.78. The Morgan fingerprint density at radius 3 is 2.65 bits per heavy atom. The number of rotatable bonds is 0. The van der Waals surface area contributed by atoms with Crippen LogP contribution in [-0.2, 0) is 10.3 Å². The van der Waals surface area contributed by atoms with Crippen molar-refractivity contribution in [2.24, 2.45) is 5.92 Å². The first-order valence-corrected chi connectivity index (χ1v) is 6.11. The molecule has 0 saturated heterocycles. The summed E-state index contributed by atoms with van der Waals surface area (Å²) in [5.74, 6) is 4.69. The molecule has 2 aliphatic rings. The number of halogens is 3. The summed E-state index contributed by atoms with van der Waals surface area (Å²) in [7, 11) is 0. The van der Waals surface area contributed by atoms with E-state index in [2.05, 4.69) is 21.9 Å². The topological polar surface area (TPSA) is 38.3 Å². The zero-order valence-electron chi connectivity index (χ0n) is 10.3. The van der Waals surface area contributed by atoms with E-state index >= 15 is 0 Å². The van der Waals surface area contributed by atoms with Crippen LogP contribution in [0.15, 0.2) is 24.3 Å². The maximum Gasteiger partial charge on any atom is 0.445 e. The molecule has 3 rings (SSSR count). The second-order valence-corrected chi connectivity index (χ2v) is 4.78. The molecule has 0 aromatic heterocycles. The van der Waals surface area contributed by atoms with E-state index in [-0.39, 0.29) is 17.2 Å². The molecule has 0 radical (unpaired) electrons. The van der Waals surface area contributed by atoms with E-state index in [1.54, 1.807) is 6.07 Å². The lowest BCUT2D eigenvalue weighted by atomic mass is 9.90. The number of hydrogen-bond donors (Lipinski definition) is 1. The third-order valence-corrected chi connectivity index (χ3v) is 3.22. The maximum absolute atomic E-state index is 13.5. The van der Waals surface area contributed by atoms with Crippen LogP contribution in [0.25, 0.3) is 0 Å². The summed E-state index contributed by atoms with van der Waals surface area (Å²) < 4.78 is 45.1. The molecule has 1 atom stereocenters. The van der Waals surface area contributed by atoms with Crippen molar-refractivity contribution in [3.05, 3.63) is 29.8 Å². The SMILES string of the molecule is O=C1Nc2ccccc2[C@@](C#CC2CC2)(C(F)(F)F)O1. The average Bonchev–Trinajstić information content (AvgIpc) is 3.18. The van der Waals surface area contributed by atoms with Gasteiger partial charge < -0.3 is 4.74 Å². The molecule has 104 valence electrons. The number of cyclic esters (lactones) is 1. The van der Waals surface area contributed by atoms with E-state index in [1.807, 2.05) is 0 Å². The second kappa shape index (κ2) is 4.17. The first-order valence-electron chi connectivity index (χ1n) is 6.11. The molecule has 1 aliphatic carbocycles. The van der Waals surface area contributed by atoms with E-state index in [9.17, 15) is 18.0 Å². The van der Waals surface area contributed by atoms with Crippen LogP contribution in [0.4, 0.5) is 23.7 Å². The number of nitrogens with one attached hydrogen (secondary N) is 1. The lowest BCUT2D eigenvalue weighted by Crippen LogP contribution is -2.49. The van der Waals surface area contributed by atoms with Crippen LogP contribution in [0.2, 0.25) is 0 Å². The lowest BCUT2D eigenvalue weighted by Gasteiger charge is -2.35. The molecule has 1 fully saturated rings. The fraction of sp³-hybridized carbons (Fsp3) is 0.357. The monoisotopic (exact) mass is 281 g/mol. The summed E-state index contributed by atoms with van der Waals surface area (Å²) in [6.45, 7) is 0. The van der Waals surface area contributed by atoms with E-state index in [0.717, 1.165) is 12.8 Å². The molecule has 1 amide bonds. The van der Waals surface area contributed by atoms with Crippen LogP contribution in [0.3, 0.4) is 0 Å². The highest BCUT2D eigenvalue weighted by atomic mass is 19.4. The number of benzene rings is 1. The van der Waals surface area contributed by atoms with Gasteiger partial charge in [-0.1, -0.05) is 24.1 Å². The number of hydrogen-bond acceptors (Lipinski definition) is 2. The summed E-state index contributed by atoms with van der Waals surface area (Å²) in [4.78, 5) is 11.4. The van der Waals surface area contributed by atoms with Gasteiger partial charge in [0, 0.05) is 11.5 Å². The molecule has 1 aliphatic heterocycles. The predicted molar refractivity (Wildman–Crippen MR) is 64.8 cm³/mol. The lowest BCUT2D eigenvalue weighted by molar-refractivity contribution is -0.239. The molecule has 1 aromatic rings. The molecule has 0 unspecified atom stereocenters. The van der Waals surface area contributed by atoms with Crippen LogP contribution in [0.5, 0.6) is 0 Å². The van der Waals surface area contributed by atoms with Gasteiger partial charge in [-0.25, -0.2) is 4.79 Å². The highest BCUT2D eigenvalue weighted by Crippen LogP contribution is 2.47. The van der Waals surface area contributed by atoms with Crippen molar-refractivity contribution < 1.29 is 22.7 Å². The van der Waals surface area contributed by atoms with Gasteiger partial charge in [-0.3, -0.25) is 5.32 Å². The quantitative estimate of drug-likeness (QED) is 0.740. The van der Waals surface area contributed by atoms with Gasteiger partial charge in [0.15, 0.2) is 0 Å². The van der Waals surface area contributed by atoms with Gasteiger partial charge in [0.2, 0.25) is 0 Å². The van der Waals surface area contributed by atoms with Gasteiger partial charge in [-0.2, -0.15) is 13.2 Å². The van der Waals surface area contributed by atoms with E-state index in [4.69, 9.17) is 0 Å². The van der Waals surface area contributed by atoms with Crippen molar-refractivity contribution in [1.29, 1.82) is 0 Å². The number of fused-ring (bicyclic) bond motifs is 1. The molecular weight excluding hydrogens is 271 g/mol. The Morgan fingerprint density at radius 1 is 1.30 bits per heavy atom. The molecule has 3 nitrogen and oxygen atoms in total. The van der Waals surface area contributed by atoms with Crippen LogP contribution >= 0.6 is 0 Å². The van der Waals surface area contributed by atoms with E-state index in [0.29, 0.717) is 0 Å². The zero-order chi connectivity index (χ0) is 14.4. The van der Waals surface area contributed by atoms with E-state index < -0.39 is 17.9 Å². The number of anilines is 1. The Balaban J connectivity index is 2.19. The summed E-state index contributed by atoms with van der Waals surface area (Å²) in [5, 5.41) is 2.26. The number of amides is 1. The Labute approximate surface area is 113 Å². The third-order valence-electron chi connectivity index (χ3n) is 3.22. The zero-order valence-corrected chi connectivity index (χ0v) is 10.3. The number of carbonyl (C=O) groups excluding carboxylic acids is 1. The van der Waals surface area contributed by atoms with Gasteiger partial charge in [0.1, 0.15) is 0 Å². The highest BCUT2D eigenvalue weighted by Gasteiger charge is 2.61. The van der Waals surface area contributed by atoms with Gasteiger partial charge >= 0.3 is 12.3 Å². The predicted octanol–water partition coefficient (Wildman–Crippen LogP) is 3.42. The van der Waals surface area contributed by atoms with Crippen molar-refractivity contribution >= 4 is 11.8 Å². The summed E-state index contributed by atoms with van der Waals surface area (Å²) in [6, 6.07) is 5.66. The number of para-hydroxylation sites is 1. The van der Waals surface area contributed by atoms with Crippen molar-refractivity contribution in [3.8, 4) is 11.8 Å². The molecule has 0 spiro atoms. The Hall–Kier alpha value is -2.16.